The Labute approximate surface area is 149 Å². The van der Waals surface area contributed by atoms with Gasteiger partial charge in [0, 0.05) is 24.7 Å². The second-order valence-electron chi connectivity index (χ2n) is 5.78. The van der Waals surface area contributed by atoms with Crippen molar-refractivity contribution in [2.24, 2.45) is 0 Å². The van der Waals surface area contributed by atoms with Crippen molar-refractivity contribution in [2.75, 3.05) is 31.2 Å². The molecule has 0 spiro atoms. The zero-order valence-electron chi connectivity index (χ0n) is 13.9. The van der Waals surface area contributed by atoms with Gasteiger partial charge in [0.1, 0.15) is 5.82 Å². The van der Waals surface area contributed by atoms with Crippen molar-refractivity contribution < 1.29 is 18.8 Å². The number of ether oxygens (including phenoxy) is 1. The Morgan fingerprint density at radius 3 is 2.62 bits per heavy atom. The minimum absolute atomic E-state index is 0.0922. The fourth-order valence-electron chi connectivity index (χ4n) is 2.78. The van der Waals surface area contributed by atoms with Crippen LogP contribution in [0.5, 0.6) is 0 Å². The van der Waals surface area contributed by atoms with Crippen LogP contribution in [0.25, 0.3) is 6.08 Å². The molecular formula is C19H17FN2O4. The van der Waals surface area contributed by atoms with Crippen LogP contribution in [-0.2, 0) is 4.74 Å². The highest BCUT2D eigenvalue weighted by atomic mass is 19.1. The number of nitrogens with zero attached hydrogens (tertiary/aromatic N) is 2. The minimum atomic E-state index is -0.513. The summed E-state index contributed by atoms with van der Waals surface area (Å²) in [7, 11) is 0. The number of hydrogen-bond acceptors (Lipinski definition) is 5. The molecule has 0 N–H and O–H groups in total. The number of ketones is 1. The molecule has 0 bridgehead atoms. The first-order chi connectivity index (χ1) is 12.6. The van der Waals surface area contributed by atoms with E-state index in [1.807, 2.05) is 4.90 Å². The zero-order chi connectivity index (χ0) is 18.5. The smallest absolute Gasteiger partial charge is 0.276 e. The van der Waals surface area contributed by atoms with Crippen LogP contribution in [0.15, 0.2) is 48.5 Å². The molecule has 0 radical (unpaired) electrons. The molecule has 0 saturated carbocycles. The number of halogens is 1. The largest absolute Gasteiger partial charge is 0.378 e. The topological polar surface area (TPSA) is 72.7 Å². The Kier molecular flexibility index (Phi) is 5.38. The number of nitro groups is 1. The molecule has 1 aliphatic heterocycles. The Hall–Kier alpha value is -3.06. The molecule has 2 aromatic carbocycles. The van der Waals surface area contributed by atoms with E-state index >= 15 is 0 Å². The van der Waals surface area contributed by atoms with Crippen molar-refractivity contribution in [3.63, 3.8) is 0 Å². The third-order valence-corrected chi connectivity index (χ3v) is 4.13. The molecule has 0 atom stereocenters. The Balaban J connectivity index is 1.78. The number of morpholine rings is 1. The van der Waals surface area contributed by atoms with Crippen LogP contribution in [0.1, 0.15) is 15.9 Å². The molecular weight excluding hydrogens is 339 g/mol. The molecule has 7 heteroatoms. The zero-order valence-corrected chi connectivity index (χ0v) is 13.9. The molecule has 1 saturated heterocycles. The third kappa shape index (κ3) is 3.94. The number of carbonyl (C=O) groups excluding carboxylic acids is 1. The first-order valence-corrected chi connectivity index (χ1v) is 8.14. The summed E-state index contributed by atoms with van der Waals surface area (Å²) in [6.45, 7) is 2.28. The predicted octanol–water partition coefficient (Wildman–Crippen LogP) is 3.47. The summed E-state index contributed by atoms with van der Waals surface area (Å²) < 4.78 is 19.6. The van der Waals surface area contributed by atoms with Crippen LogP contribution in [0.4, 0.5) is 15.8 Å². The average Bonchev–Trinajstić information content (AvgIpc) is 2.66. The lowest BCUT2D eigenvalue weighted by Crippen LogP contribution is -2.36. The van der Waals surface area contributed by atoms with E-state index in [0.717, 1.165) is 0 Å². The highest BCUT2D eigenvalue weighted by Gasteiger charge is 2.16. The molecule has 1 aliphatic rings. The second kappa shape index (κ2) is 7.88. The molecule has 134 valence electrons. The van der Waals surface area contributed by atoms with Gasteiger partial charge in [0.2, 0.25) is 0 Å². The highest BCUT2D eigenvalue weighted by molar-refractivity contribution is 6.07. The first kappa shape index (κ1) is 17.8. The van der Waals surface area contributed by atoms with Gasteiger partial charge in [0.15, 0.2) is 5.78 Å². The Bertz CT molecular complexity index is 860. The molecule has 0 aliphatic carbocycles. The number of nitro benzene ring substituents is 1. The lowest BCUT2D eigenvalue weighted by molar-refractivity contribution is -0.385. The highest BCUT2D eigenvalue weighted by Crippen LogP contribution is 2.23. The molecule has 1 fully saturated rings. The number of para-hydroxylation sites is 1. The van der Waals surface area contributed by atoms with Gasteiger partial charge in [-0.3, -0.25) is 14.9 Å². The van der Waals surface area contributed by atoms with E-state index in [-0.39, 0.29) is 11.3 Å². The molecule has 3 rings (SSSR count). The van der Waals surface area contributed by atoms with Crippen LogP contribution in [0, 0.1) is 15.9 Å². The van der Waals surface area contributed by atoms with E-state index in [4.69, 9.17) is 4.74 Å². The second-order valence-corrected chi connectivity index (χ2v) is 5.78. The molecule has 0 aromatic heterocycles. The van der Waals surface area contributed by atoms with E-state index < -0.39 is 16.5 Å². The summed E-state index contributed by atoms with van der Waals surface area (Å²) in [6.07, 6.45) is 2.58. The van der Waals surface area contributed by atoms with E-state index in [2.05, 4.69) is 0 Å². The van der Waals surface area contributed by atoms with Gasteiger partial charge in [-0.15, -0.1) is 0 Å². The predicted molar refractivity (Wildman–Crippen MR) is 95.9 cm³/mol. The maximum absolute atomic E-state index is 14.4. The Morgan fingerprint density at radius 1 is 1.19 bits per heavy atom. The fourth-order valence-corrected chi connectivity index (χ4v) is 2.78. The number of benzene rings is 2. The van der Waals surface area contributed by atoms with Gasteiger partial charge in [0.05, 0.1) is 29.4 Å². The minimum Gasteiger partial charge on any atom is -0.378 e. The Morgan fingerprint density at radius 2 is 1.92 bits per heavy atom. The SMILES string of the molecule is O=C(C=Cc1ccccc1[N+](=O)[O-])c1ccc(N2CCOCC2)c(F)c1. The van der Waals surface area contributed by atoms with Gasteiger partial charge in [-0.25, -0.2) is 4.39 Å². The van der Waals surface area contributed by atoms with Crippen molar-refractivity contribution in [3.8, 4) is 0 Å². The standard InChI is InChI=1S/C19H17FN2O4/c20-16-13-15(5-7-18(16)21-9-11-26-12-10-21)19(23)8-6-14-3-1-2-4-17(14)22(24)25/h1-8,13H,9-12H2. The van der Waals surface area contributed by atoms with Crippen molar-refractivity contribution in [2.45, 2.75) is 0 Å². The van der Waals surface area contributed by atoms with Crippen LogP contribution in [0.3, 0.4) is 0 Å². The van der Waals surface area contributed by atoms with Crippen molar-refractivity contribution in [3.05, 3.63) is 75.6 Å². The van der Waals surface area contributed by atoms with Gasteiger partial charge in [-0.05, 0) is 36.4 Å². The summed E-state index contributed by atoms with van der Waals surface area (Å²) in [5.41, 5.74) is 0.850. The number of hydrogen-bond donors (Lipinski definition) is 0. The van der Waals surface area contributed by atoms with E-state index in [1.165, 1.54) is 24.3 Å². The van der Waals surface area contributed by atoms with E-state index in [0.29, 0.717) is 37.6 Å². The molecule has 0 amide bonds. The summed E-state index contributed by atoms with van der Waals surface area (Å²) in [5.74, 6) is -0.896. The van der Waals surface area contributed by atoms with Crippen LogP contribution in [-0.4, -0.2) is 37.0 Å². The quantitative estimate of drug-likeness (QED) is 0.355. The van der Waals surface area contributed by atoms with Gasteiger partial charge in [-0.2, -0.15) is 0 Å². The summed E-state index contributed by atoms with van der Waals surface area (Å²) in [5, 5.41) is 11.0. The average molecular weight is 356 g/mol. The molecule has 0 unspecified atom stereocenters. The van der Waals surface area contributed by atoms with Crippen LogP contribution in [0.2, 0.25) is 0 Å². The molecule has 1 heterocycles. The van der Waals surface area contributed by atoms with E-state index in [9.17, 15) is 19.3 Å². The van der Waals surface area contributed by atoms with Crippen LogP contribution < -0.4 is 4.90 Å². The van der Waals surface area contributed by atoms with Crippen molar-refractivity contribution >= 4 is 23.2 Å². The van der Waals surface area contributed by atoms with Gasteiger partial charge >= 0.3 is 0 Å². The first-order valence-electron chi connectivity index (χ1n) is 8.14. The van der Waals surface area contributed by atoms with Crippen LogP contribution >= 0.6 is 0 Å². The van der Waals surface area contributed by atoms with Gasteiger partial charge in [0.25, 0.3) is 5.69 Å². The van der Waals surface area contributed by atoms with Gasteiger partial charge < -0.3 is 9.64 Å². The summed E-state index contributed by atoms with van der Waals surface area (Å²) in [6, 6.07) is 10.4. The van der Waals surface area contributed by atoms with Crippen molar-refractivity contribution in [1.29, 1.82) is 0 Å². The molecule has 2 aromatic rings. The number of allylic oxidation sites excluding steroid dienone is 1. The molecule has 26 heavy (non-hydrogen) atoms. The maximum Gasteiger partial charge on any atom is 0.276 e. The normalized spacial score (nSPS) is 14.6. The third-order valence-electron chi connectivity index (χ3n) is 4.13. The summed E-state index contributed by atoms with van der Waals surface area (Å²) in [4.78, 5) is 24.6. The van der Waals surface area contributed by atoms with Crippen molar-refractivity contribution in [1.82, 2.24) is 0 Å². The number of anilines is 1. The number of rotatable bonds is 5. The maximum atomic E-state index is 14.4. The van der Waals surface area contributed by atoms with E-state index in [1.54, 1.807) is 30.3 Å². The monoisotopic (exact) mass is 356 g/mol. The molecule has 6 nitrogen and oxygen atoms in total. The van der Waals surface area contributed by atoms with Gasteiger partial charge in [-0.1, -0.05) is 12.1 Å². The number of carbonyl (C=O) groups is 1. The fraction of sp³-hybridized carbons (Fsp3) is 0.211. The summed E-state index contributed by atoms with van der Waals surface area (Å²) >= 11 is 0. The lowest BCUT2D eigenvalue weighted by Gasteiger charge is -2.29. The lowest BCUT2D eigenvalue weighted by atomic mass is 10.1.